The molecular weight excluding hydrogens is 488 g/mol. The lowest BCUT2D eigenvalue weighted by Gasteiger charge is -2.50. The summed E-state index contributed by atoms with van der Waals surface area (Å²) >= 11 is 2.66. The molecule has 5 atom stereocenters. The van der Waals surface area contributed by atoms with Crippen LogP contribution in [0.25, 0.3) is 0 Å². The smallest absolute Gasteiger partial charge is 0.416 e. The van der Waals surface area contributed by atoms with Crippen LogP contribution in [0.3, 0.4) is 0 Å². The number of alkyl halides is 3. The molecule has 0 spiro atoms. The zero-order chi connectivity index (χ0) is 23.3. The lowest BCUT2D eigenvalue weighted by molar-refractivity contribution is -0.137. The Morgan fingerprint density at radius 2 is 1.78 bits per heavy atom. The molecule has 2 nitrogen and oxygen atoms in total. The van der Waals surface area contributed by atoms with E-state index in [4.69, 9.17) is 0 Å². The average Bonchev–Trinajstić information content (AvgIpc) is 3.04. The van der Waals surface area contributed by atoms with Crippen LogP contribution in [0.15, 0.2) is 40.9 Å². The van der Waals surface area contributed by atoms with Crippen LogP contribution in [-0.4, -0.2) is 16.3 Å². The van der Waals surface area contributed by atoms with E-state index in [1.807, 2.05) is 12.1 Å². The number of hydrogen-bond donors (Lipinski definition) is 2. The zero-order valence-corrected chi connectivity index (χ0v) is 19.4. The summed E-state index contributed by atoms with van der Waals surface area (Å²) in [4.78, 5) is 0. The minimum absolute atomic E-state index is 0.0883. The largest absolute Gasteiger partial charge is 0.508 e. The molecule has 2 saturated carbocycles. The van der Waals surface area contributed by atoms with Crippen molar-refractivity contribution in [2.75, 3.05) is 0 Å². The van der Waals surface area contributed by atoms with E-state index in [1.54, 1.807) is 0 Å². The summed E-state index contributed by atoms with van der Waals surface area (Å²) in [5.41, 5.74) is 2.13. The van der Waals surface area contributed by atoms with Gasteiger partial charge in [-0.05, 0) is 119 Å². The summed E-state index contributed by atoms with van der Waals surface area (Å²) in [7, 11) is 0. The minimum Gasteiger partial charge on any atom is -0.508 e. The van der Waals surface area contributed by atoms with Gasteiger partial charge in [-0.1, -0.05) is 13.0 Å². The van der Waals surface area contributed by atoms with Gasteiger partial charge in [0.25, 0.3) is 0 Å². The number of hydrogen-bond acceptors (Lipinski definition) is 2. The van der Waals surface area contributed by atoms with Gasteiger partial charge in [0.05, 0.1) is 16.1 Å². The van der Waals surface area contributed by atoms with Gasteiger partial charge in [-0.25, -0.2) is 4.39 Å². The van der Waals surface area contributed by atoms with E-state index in [0.717, 1.165) is 31.2 Å². The number of phenols is 1. The van der Waals surface area contributed by atoms with Crippen molar-refractivity contribution < 1.29 is 27.8 Å². The molecule has 3 aliphatic carbocycles. The van der Waals surface area contributed by atoms with E-state index in [1.165, 1.54) is 30.4 Å². The number of rotatable bonds is 0. The number of aryl methyl sites for hydroxylation is 1. The number of halogens is 5. The molecule has 3 aliphatic rings. The van der Waals surface area contributed by atoms with Gasteiger partial charge in [0.1, 0.15) is 11.6 Å². The number of phenolic OH excluding ortho intramolecular Hbond substituents is 1. The molecule has 0 saturated heterocycles. The minimum atomic E-state index is -4.42. The highest BCUT2D eigenvalue weighted by atomic mass is 79.9. The molecule has 7 heteroatoms. The number of benzene rings is 2. The number of aliphatic hydroxyl groups excluding tert-OH is 1. The van der Waals surface area contributed by atoms with Crippen LogP contribution in [0.2, 0.25) is 0 Å². The van der Waals surface area contributed by atoms with Crippen molar-refractivity contribution in [1.82, 2.24) is 0 Å². The summed E-state index contributed by atoms with van der Waals surface area (Å²) in [5, 5.41) is 20.0. The molecule has 0 amide bonds. The number of fused-ring (bicyclic) bond motifs is 5. The monoisotopic (exact) mass is 514 g/mol. The Kier molecular flexibility index (Phi) is 6.36. The first-order chi connectivity index (χ1) is 15.0. The Hall–Kier alpha value is -1.60. The average molecular weight is 515 g/mol. The van der Waals surface area contributed by atoms with Crippen molar-refractivity contribution >= 4 is 15.9 Å². The molecule has 0 radical (unpaired) electrons. The molecule has 2 aromatic carbocycles. The standard InChI is InChI=1S/C18H24O2.C7H3BrF4/c1-18-9-8-14-13-5-3-12(19)10-11(13)2-4-15(14)16(18)6-7-17(18)20;8-5-3-4(7(10,11)12)1-2-6(5)9/h3,5,10,14-17,19-20H,2,4,6-9H2,1H3;1-3H/t14-,15-,16+,17+,18+;/m1./s1. The van der Waals surface area contributed by atoms with Gasteiger partial charge >= 0.3 is 6.18 Å². The van der Waals surface area contributed by atoms with E-state index in [2.05, 4.69) is 28.9 Å². The molecular formula is C25H27BrF4O2. The van der Waals surface area contributed by atoms with Crippen molar-refractivity contribution in [3.63, 3.8) is 0 Å². The van der Waals surface area contributed by atoms with Gasteiger partial charge in [0.2, 0.25) is 0 Å². The molecule has 2 N–H and O–H groups in total. The number of aliphatic hydroxyl groups is 1. The SMILES string of the molecule is C[C@]12CC[C@@H]3c4ccc(O)cc4CC[C@H]3[C@@H]1CC[C@@H]2O.Fc1ccc(C(F)(F)F)cc1Br. The summed E-state index contributed by atoms with van der Waals surface area (Å²) in [5.74, 6) is 1.78. The maximum absolute atomic E-state index is 12.5. The van der Waals surface area contributed by atoms with Crippen LogP contribution in [0, 0.1) is 23.1 Å². The van der Waals surface area contributed by atoms with Gasteiger partial charge in [0.15, 0.2) is 0 Å². The second-order valence-corrected chi connectivity index (χ2v) is 10.4. The predicted octanol–water partition coefficient (Wildman–Crippen LogP) is 7.22. The topological polar surface area (TPSA) is 40.5 Å². The molecule has 0 heterocycles. The Morgan fingerprint density at radius 3 is 2.47 bits per heavy atom. The molecule has 174 valence electrons. The van der Waals surface area contributed by atoms with Crippen molar-refractivity contribution in [2.45, 2.75) is 63.6 Å². The summed E-state index contributed by atoms with van der Waals surface area (Å²) in [6.45, 7) is 2.32. The zero-order valence-electron chi connectivity index (χ0n) is 17.8. The lowest BCUT2D eigenvalue weighted by Crippen LogP contribution is -2.43. The van der Waals surface area contributed by atoms with Crippen LogP contribution >= 0.6 is 15.9 Å². The third-order valence-corrected chi connectivity index (χ3v) is 8.51. The van der Waals surface area contributed by atoms with Crippen LogP contribution in [0.5, 0.6) is 5.75 Å². The maximum Gasteiger partial charge on any atom is 0.416 e. The van der Waals surface area contributed by atoms with E-state index < -0.39 is 17.6 Å². The quantitative estimate of drug-likeness (QED) is 0.364. The normalized spacial score (nSPS) is 31.1. The maximum atomic E-state index is 12.5. The van der Waals surface area contributed by atoms with E-state index >= 15 is 0 Å². The third-order valence-electron chi connectivity index (χ3n) is 7.91. The van der Waals surface area contributed by atoms with Gasteiger partial charge in [-0.3, -0.25) is 0 Å². The van der Waals surface area contributed by atoms with Crippen LogP contribution in [0.4, 0.5) is 17.6 Å². The highest BCUT2D eigenvalue weighted by Gasteiger charge is 2.54. The first kappa shape index (κ1) is 23.6. The Labute approximate surface area is 193 Å². The third kappa shape index (κ3) is 4.30. The van der Waals surface area contributed by atoms with Gasteiger partial charge in [0, 0.05) is 0 Å². The predicted molar refractivity (Wildman–Crippen MR) is 118 cm³/mol. The Bertz CT molecular complexity index is 992. The van der Waals surface area contributed by atoms with Crippen molar-refractivity contribution in [3.05, 3.63) is 63.4 Å². The first-order valence-corrected chi connectivity index (χ1v) is 11.8. The van der Waals surface area contributed by atoms with Crippen LogP contribution in [-0.2, 0) is 12.6 Å². The molecule has 2 fully saturated rings. The van der Waals surface area contributed by atoms with Crippen LogP contribution < -0.4 is 0 Å². The lowest BCUT2D eigenvalue weighted by atomic mass is 9.55. The van der Waals surface area contributed by atoms with Crippen molar-refractivity contribution in [3.8, 4) is 5.75 Å². The molecule has 5 rings (SSSR count). The molecule has 0 bridgehead atoms. The summed E-state index contributed by atoms with van der Waals surface area (Å²) in [6.07, 6.45) is 2.36. The Balaban J connectivity index is 0.000000176. The fraction of sp³-hybridized carbons (Fsp3) is 0.520. The van der Waals surface area contributed by atoms with Gasteiger partial charge in [-0.15, -0.1) is 0 Å². The second-order valence-electron chi connectivity index (χ2n) is 9.56. The first-order valence-electron chi connectivity index (χ1n) is 11.0. The fourth-order valence-corrected chi connectivity index (χ4v) is 6.59. The number of aromatic hydroxyl groups is 1. The van der Waals surface area contributed by atoms with Crippen molar-refractivity contribution in [1.29, 1.82) is 0 Å². The molecule has 2 aromatic rings. The molecule has 32 heavy (non-hydrogen) atoms. The van der Waals surface area contributed by atoms with Gasteiger partial charge < -0.3 is 10.2 Å². The highest BCUT2D eigenvalue weighted by molar-refractivity contribution is 9.10. The summed E-state index contributed by atoms with van der Waals surface area (Å²) < 4.78 is 48.2. The second kappa shape index (κ2) is 8.64. The summed E-state index contributed by atoms with van der Waals surface area (Å²) in [6, 6.07) is 8.12. The molecule has 0 unspecified atom stereocenters. The fourth-order valence-electron chi connectivity index (χ4n) is 6.21. The van der Waals surface area contributed by atoms with Gasteiger partial charge in [-0.2, -0.15) is 13.2 Å². The van der Waals surface area contributed by atoms with E-state index in [9.17, 15) is 27.8 Å². The van der Waals surface area contributed by atoms with Crippen LogP contribution in [0.1, 0.15) is 61.6 Å². The molecule has 0 aliphatic heterocycles. The molecule has 0 aromatic heterocycles. The highest BCUT2D eigenvalue weighted by Crippen LogP contribution is 2.60. The van der Waals surface area contributed by atoms with E-state index in [0.29, 0.717) is 29.7 Å². The Morgan fingerprint density at radius 1 is 1.03 bits per heavy atom. The van der Waals surface area contributed by atoms with Crippen molar-refractivity contribution in [2.24, 2.45) is 17.3 Å². The van der Waals surface area contributed by atoms with E-state index in [-0.39, 0.29) is 16.0 Å².